The van der Waals surface area contributed by atoms with E-state index in [-0.39, 0.29) is 11.6 Å². The average Bonchev–Trinajstić information content (AvgIpc) is 3.27. The summed E-state index contributed by atoms with van der Waals surface area (Å²) in [4.78, 5) is 2.27. The molecule has 30 heavy (non-hydrogen) atoms. The molecule has 4 aliphatic rings. The van der Waals surface area contributed by atoms with Gasteiger partial charge in [-0.25, -0.2) is 8.42 Å². The summed E-state index contributed by atoms with van der Waals surface area (Å²) < 4.78 is 27.8. The number of nitrogens with zero attached hydrogens (tertiary/aromatic N) is 2. The van der Waals surface area contributed by atoms with Gasteiger partial charge in [-0.2, -0.15) is 4.31 Å². The number of hydrogen-bond acceptors (Lipinski definition) is 5. The van der Waals surface area contributed by atoms with Gasteiger partial charge < -0.3 is 14.9 Å². The highest BCUT2D eigenvalue weighted by Gasteiger charge is 2.59. The maximum absolute atomic E-state index is 13.4. The molecule has 0 aromatic heterocycles. The van der Waals surface area contributed by atoms with Crippen LogP contribution in [0.2, 0.25) is 5.02 Å². The predicted octanol–water partition coefficient (Wildman–Crippen LogP) is 2.07. The molecule has 2 saturated carbocycles. The molecule has 2 N–H and O–H groups in total. The Morgan fingerprint density at radius 2 is 1.90 bits per heavy atom. The first kappa shape index (κ1) is 21.1. The van der Waals surface area contributed by atoms with E-state index in [0.717, 1.165) is 49.9 Å². The number of benzene rings is 1. The van der Waals surface area contributed by atoms with Gasteiger partial charge in [0.15, 0.2) is 0 Å². The lowest BCUT2D eigenvalue weighted by Crippen LogP contribution is -2.56. The highest BCUT2D eigenvalue weighted by atomic mass is 35.5. The molecule has 3 unspecified atom stereocenters. The molecule has 0 amide bonds. The van der Waals surface area contributed by atoms with Crippen LogP contribution in [-0.2, 0) is 10.0 Å². The highest BCUT2D eigenvalue weighted by molar-refractivity contribution is 7.90. The molecule has 164 valence electrons. The van der Waals surface area contributed by atoms with Crippen molar-refractivity contribution < 1.29 is 18.5 Å². The van der Waals surface area contributed by atoms with E-state index in [1.54, 1.807) is 31.1 Å². The number of sulfonamides is 1. The Bertz CT molecular complexity index is 972. The lowest BCUT2D eigenvalue weighted by atomic mass is 9.74. The van der Waals surface area contributed by atoms with Crippen molar-refractivity contribution in [3.05, 3.63) is 22.7 Å². The summed E-state index contributed by atoms with van der Waals surface area (Å²) in [7, 11) is -5.05. The number of hydrogen-bond donors (Lipinski definition) is 2. The lowest BCUT2D eigenvalue weighted by molar-refractivity contribution is 0.125. The first-order chi connectivity index (χ1) is 13.9. The van der Waals surface area contributed by atoms with E-state index in [0.29, 0.717) is 28.9 Å². The van der Waals surface area contributed by atoms with Gasteiger partial charge in [-0.3, -0.25) is 0 Å². The first-order valence-corrected chi connectivity index (χ1v) is 12.7. The second-order valence-corrected chi connectivity index (χ2v) is 13.7. The largest absolute Gasteiger partial charge is 0.490 e. The molecule has 1 aromatic carbocycles. The first-order valence-electron chi connectivity index (χ1n) is 10.9. The zero-order valence-corrected chi connectivity index (χ0v) is 19.4. The number of fused-ring (bicyclic) bond motifs is 3. The molecule has 2 aliphatic carbocycles. The lowest BCUT2D eigenvalue weighted by Gasteiger charge is -2.46. The van der Waals surface area contributed by atoms with Crippen LogP contribution in [0.25, 0.3) is 0 Å². The van der Waals surface area contributed by atoms with Crippen LogP contribution in [0.1, 0.15) is 64.4 Å². The van der Waals surface area contributed by atoms with Crippen LogP contribution in [0.4, 0.5) is 5.69 Å². The molecule has 3 fully saturated rings. The second-order valence-electron chi connectivity index (χ2n) is 10.6. The van der Waals surface area contributed by atoms with Gasteiger partial charge in [0.05, 0.1) is 4.75 Å². The third-order valence-corrected chi connectivity index (χ3v) is 10.6. The Labute approximate surface area is 184 Å². The summed E-state index contributed by atoms with van der Waals surface area (Å²) in [5.74, 6) is 0.950. The zero-order valence-electron chi connectivity index (χ0n) is 17.8. The van der Waals surface area contributed by atoms with E-state index >= 15 is 0 Å². The van der Waals surface area contributed by atoms with Crippen LogP contribution < -0.4 is 10.4 Å². The Balaban J connectivity index is 1.56. The van der Waals surface area contributed by atoms with Crippen LogP contribution in [0.3, 0.4) is 0 Å². The fraction of sp³-hybridized carbons (Fsp3) is 0.714. The SMILES string of the molecule is CC(C)(C)S(=O)(=O)N1CC(N2CC3CC3c3cc(Cl)cc(B(O)O)c32)CC12CCC2. The summed E-state index contributed by atoms with van der Waals surface area (Å²) in [6.45, 7) is 6.61. The second kappa shape index (κ2) is 6.61. The number of anilines is 1. The molecule has 5 rings (SSSR count). The Morgan fingerprint density at radius 3 is 2.47 bits per heavy atom. The molecule has 0 radical (unpaired) electrons. The fourth-order valence-electron chi connectivity index (χ4n) is 5.88. The van der Waals surface area contributed by atoms with Gasteiger partial charge in [0.2, 0.25) is 10.0 Å². The molecule has 9 heteroatoms. The quantitative estimate of drug-likeness (QED) is 0.686. The Hall–Kier alpha value is -0.795. The van der Waals surface area contributed by atoms with Gasteiger partial charge in [-0.1, -0.05) is 11.6 Å². The van der Waals surface area contributed by atoms with Gasteiger partial charge >= 0.3 is 7.12 Å². The molecule has 1 aromatic rings. The molecule has 1 spiro atoms. The molecule has 2 heterocycles. The summed E-state index contributed by atoms with van der Waals surface area (Å²) in [6.07, 6.45) is 4.74. The normalized spacial score (nSPS) is 30.1. The highest BCUT2D eigenvalue weighted by Crippen LogP contribution is 2.57. The van der Waals surface area contributed by atoms with Crippen molar-refractivity contribution in [2.75, 3.05) is 18.0 Å². The summed E-state index contributed by atoms with van der Waals surface area (Å²) >= 11 is 6.30. The Kier molecular flexibility index (Phi) is 4.64. The van der Waals surface area contributed by atoms with E-state index in [4.69, 9.17) is 11.6 Å². The molecule has 3 atom stereocenters. The van der Waals surface area contributed by atoms with E-state index in [9.17, 15) is 18.5 Å². The fourth-order valence-corrected chi connectivity index (χ4v) is 7.91. The monoisotopic (exact) mass is 452 g/mol. The van der Waals surface area contributed by atoms with Crippen molar-refractivity contribution in [2.45, 2.75) is 75.1 Å². The van der Waals surface area contributed by atoms with Crippen LogP contribution in [0, 0.1) is 5.92 Å². The third kappa shape index (κ3) is 2.98. The van der Waals surface area contributed by atoms with E-state index < -0.39 is 21.9 Å². The molecular formula is C21H30BClN2O4S. The molecule has 6 nitrogen and oxygen atoms in total. The van der Waals surface area contributed by atoms with Gasteiger partial charge in [-0.05, 0) is 82.4 Å². The summed E-state index contributed by atoms with van der Waals surface area (Å²) in [5, 5.41) is 20.7. The molecular weight excluding hydrogens is 423 g/mol. The minimum absolute atomic E-state index is 0.0291. The van der Waals surface area contributed by atoms with Gasteiger partial charge in [0.25, 0.3) is 0 Å². The molecule has 2 aliphatic heterocycles. The van der Waals surface area contributed by atoms with Gasteiger partial charge in [0, 0.05) is 40.8 Å². The standard InChI is InChI=1S/C21H30BClN2O4S/c1-20(2,3)30(28,29)25-12-15(10-21(25)5-4-6-21)24-11-13-7-16(13)17-8-14(23)9-18(19(17)24)22(26)27/h8-9,13,15-16,26-27H,4-7,10-12H2,1-3H3. The topological polar surface area (TPSA) is 81.1 Å². The summed E-state index contributed by atoms with van der Waals surface area (Å²) in [5.41, 5.74) is 2.09. The predicted molar refractivity (Wildman–Crippen MR) is 120 cm³/mol. The maximum Gasteiger partial charge on any atom is 0.490 e. The smallest absolute Gasteiger partial charge is 0.423 e. The minimum atomic E-state index is -3.44. The summed E-state index contributed by atoms with van der Waals surface area (Å²) in [6, 6.07) is 3.62. The van der Waals surface area contributed by atoms with Crippen LogP contribution in [-0.4, -0.2) is 59.3 Å². The van der Waals surface area contributed by atoms with Crippen LogP contribution >= 0.6 is 11.6 Å². The van der Waals surface area contributed by atoms with Crippen molar-refractivity contribution in [2.24, 2.45) is 5.92 Å². The van der Waals surface area contributed by atoms with Crippen LogP contribution in [0.5, 0.6) is 0 Å². The molecule has 1 saturated heterocycles. The van der Waals surface area contributed by atoms with Gasteiger partial charge in [-0.15, -0.1) is 0 Å². The van der Waals surface area contributed by atoms with Crippen LogP contribution in [0.15, 0.2) is 12.1 Å². The maximum atomic E-state index is 13.4. The van der Waals surface area contributed by atoms with Crippen molar-refractivity contribution in [3.63, 3.8) is 0 Å². The third-order valence-electron chi connectivity index (χ3n) is 7.76. The van der Waals surface area contributed by atoms with E-state index in [1.165, 1.54) is 0 Å². The minimum Gasteiger partial charge on any atom is -0.423 e. The van der Waals surface area contributed by atoms with Crippen molar-refractivity contribution in [1.29, 1.82) is 0 Å². The zero-order chi connectivity index (χ0) is 21.6. The number of rotatable bonds is 3. The Morgan fingerprint density at radius 1 is 1.20 bits per heavy atom. The number of halogens is 1. The molecule has 0 bridgehead atoms. The van der Waals surface area contributed by atoms with E-state index in [1.807, 2.05) is 6.07 Å². The van der Waals surface area contributed by atoms with Crippen molar-refractivity contribution in [3.8, 4) is 0 Å². The van der Waals surface area contributed by atoms with E-state index in [2.05, 4.69) is 4.90 Å². The van der Waals surface area contributed by atoms with Gasteiger partial charge in [0.1, 0.15) is 0 Å². The average molecular weight is 453 g/mol. The van der Waals surface area contributed by atoms with Crippen molar-refractivity contribution >= 4 is 39.9 Å². The van der Waals surface area contributed by atoms with Crippen molar-refractivity contribution in [1.82, 2.24) is 4.31 Å².